The van der Waals surface area contributed by atoms with E-state index in [0.717, 1.165) is 11.3 Å². The van der Waals surface area contributed by atoms with E-state index in [9.17, 15) is 8.78 Å². The van der Waals surface area contributed by atoms with Gasteiger partial charge < -0.3 is 11.1 Å². The first-order valence-corrected chi connectivity index (χ1v) is 6.10. The standard InChI is InChI=1S/C15H16F2N2/c16-15(17)12-6-4-5-11(9-12)14(10-18)19-13-7-2-1-3-8-13/h1-9,14-15,19H,10,18H2. The minimum absolute atomic E-state index is 0.0193. The van der Waals surface area contributed by atoms with Gasteiger partial charge in [0.2, 0.25) is 0 Å². The van der Waals surface area contributed by atoms with Crippen molar-refractivity contribution in [3.05, 3.63) is 65.7 Å². The fourth-order valence-corrected chi connectivity index (χ4v) is 1.93. The summed E-state index contributed by atoms with van der Waals surface area (Å²) in [6, 6.07) is 15.7. The maximum atomic E-state index is 12.7. The van der Waals surface area contributed by atoms with Gasteiger partial charge in [0.25, 0.3) is 6.43 Å². The minimum atomic E-state index is -2.46. The third-order valence-corrected chi connectivity index (χ3v) is 2.92. The molecule has 1 atom stereocenters. The fraction of sp³-hybridized carbons (Fsp3) is 0.200. The molecule has 3 N–H and O–H groups in total. The van der Waals surface area contributed by atoms with Gasteiger partial charge in [-0.2, -0.15) is 0 Å². The number of anilines is 1. The van der Waals surface area contributed by atoms with E-state index < -0.39 is 6.43 Å². The van der Waals surface area contributed by atoms with E-state index in [-0.39, 0.29) is 11.6 Å². The predicted octanol–water partition coefficient (Wildman–Crippen LogP) is 3.74. The molecule has 0 amide bonds. The van der Waals surface area contributed by atoms with Gasteiger partial charge in [-0.3, -0.25) is 0 Å². The third-order valence-electron chi connectivity index (χ3n) is 2.92. The van der Waals surface area contributed by atoms with Crippen LogP contribution >= 0.6 is 0 Å². The summed E-state index contributed by atoms with van der Waals surface area (Å²) in [6.07, 6.45) is -2.46. The van der Waals surface area contributed by atoms with Crippen LogP contribution in [0.4, 0.5) is 14.5 Å². The largest absolute Gasteiger partial charge is 0.377 e. The number of alkyl halides is 2. The van der Waals surface area contributed by atoms with Crippen LogP contribution in [0.15, 0.2) is 54.6 Å². The van der Waals surface area contributed by atoms with Crippen LogP contribution in [0.2, 0.25) is 0 Å². The summed E-state index contributed by atoms with van der Waals surface area (Å²) >= 11 is 0. The zero-order valence-electron chi connectivity index (χ0n) is 10.4. The molecule has 0 aliphatic rings. The molecule has 0 fully saturated rings. The van der Waals surface area contributed by atoms with Gasteiger partial charge in [0, 0.05) is 17.8 Å². The third kappa shape index (κ3) is 3.51. The Morgan fingerprint density at radius 1 is 0.947 bits per heavy atom. The highest BCUT2D eigenvalue weighted by Crippen LogP contribution is 2.24. The molecular weight excluding hydrogens is 246 g/mol. The van der Waals surface area contributed by atoms with Gasteiger partial charge in [-0.05, 0) is 23.8 Å². The minimum Gasteiger partial charge on any atom is -0.377 e. The van der Waals surface area contributed by atoms with Crippen molar-refractivity contribution in [3.8, 4) is 0 Å². The molecule has 0 bridgehead atoms. The smallest absolute Gasteiger partial charge is 0.263 e. The van der Waals surface area contributed by atoms with Gasteiger partial charge in [0.05, 0.1) is 6.04 Å². The first-order valence-electron chi connectivity index (χ1n) is 6.10. The maximum absolute atomic E-state index is 12.7. The number of hydrogen-bond donors (Lipinski definition) is 2. The van der Waals surface area contributed by atoms with Crippen LogP contribution in [0.25, 0.3) is 0 Å². The summed E-state index contributed by atoms with van der Waals surface area (Å²) in [5, 5.41) is 3.24. The fourth-order valence-electron chi connectivity index (χ4n) is 1.93. The van der Waals surface area contributed by atoms with Crippen LogP contribution in [0.5, 0.6) is 0 Å². The number of hydrogen-bond acceptors (Lipinski definition) is 2. The van der Waals surface area contributed by atoms with Gasteiger partial charge in [0.1, 0.15) is 0 Å². The molecule has 2 nitrogen and oxygen atoms in total. The zero-order valence-corrected chi connectivity index (χ0v) is 10.4. The van der Waals surface area contributed by atoms with Crippen molar-refractivity contribution in [1.29, 1.82) is 0 Å². The Balaban J connectivity index is 2.20. The van der Waals surface area contributed by atoms with Crippen molar-refractivity contribution < 1.29 is 8.78 Å². The Hall–Kier alpha value is -1.94. The number of benzene rings is 2. The molecule has 4 heteroatoms. The molecule has 1 unspecified atom stereocenters. The lowest BCUT2D eigenvalue weighted by atomic mass is 10.0. The van der Waals surface area contributed by atoms with E-state index in [1.54, 1.807) is 12.1 Å². The Labute approximate surface area is 111 Å². The predicted molar refractivity (Wildman–Crippen MR) is 73.3 cm³/mol. The number of rotatable bonds is 5. The summed E-state index contributed by atoms with van der Waals surface area (Å²) in [4.78, 5) is 0. The van der Waals surface area contributed by atoms with Gasteiger partial charge in [-0.1, -0.05) is 36.4 Å². The summed E-state index contributed by atoms with van der Waals surface area (Å²) in [5.41, 5.74) is 7.43. The highest BCUT2D eigenvalue weighted by atomic mass is 19.3. The SMILES string of the molecule is NCC(Nc1ccccc1)c1cccc(C(F)F)c1. The van der Waals surface area contributed by atoms with Crippen molar-refractivity contribution in [2.24, 2.45) is 5.73 Å². The van der Waals surface area contributed by atoms with Crippen LogP contribution in [-0.4, -0.2) is 6.54 Å². The molecule has 19 heavy (non-hydrogen) atoms. The Morgan fingerprint density at radius 2 is 1.63 bits per heavy atom. The van der Waals surface area contributed by atoms with Crippen molar-refractivity contribution in [2.75, 3.05) is 11.9 Å². The second-order valence-electron chi connectivity index (χ2n) is 4.27. The van der Waals surface area contributed by atoms with E-state index >= 15 is 0 Å². The average molecular weight is 262 g/mol. The van der Waals surface area contributed by atoms with E-state index in [2.05, 4.69) is 5.32 Å². The molecule has 2 aromatic rings. The quantitative estimate of drug-likeness (QED) is 0.861. The van der Waals surface area contributed by atoms with Gasteiger partial charge in [0.15, 0.2) is 0 Å². The van der Waals surface area contributed by atoms with Crippen LogP contribution in [-0.2, 0) is 0 Å². The number of halogens is 2. The van der Waals surface area contributed by atoms with Crippen molar-refractivity contribution >= 4 is 5.69 Å². The highest BCUT2D eigenvalue weighted by Gasteiger charge is 2.13. The molecule has 0 heterocycles. The first kappa shape index (κ1) is 13.5. The molecule has 2 aromatic carbocycles. The molecule has 0 radical (unpaired) electrons. The van der Waals surface area contributed by atoms with Crippen molar-refractivity contribution in [3.63, 3.8) is 0 Å². The molecule has 0 aromatic heterocycles. The topological polar surface area (TPSA) is 38.0 Å². The molecular formula is C15H16F2N2. The molecule has 100 valence electrons. The van der Waals surface area contributed by atoms with Crippen molar-refractivity contribution in [1.82, 2.24) is 0 Å². The Bertz CT molecular complexity index is 515. The van der Waals surface area contributed by atoms with Crippen LogP contribution in [0, 0.1) is 0 Å². The van der Waals surface area contributed by atoms with E-state index in [4.69, 9.17) is 5.73 Å². The Kier molecular flexibility index (Phi) is 4.47. The summed E-state index contributed by atoms with van der Waals surface area (Å²) in [6.45, 7) is 0.335. The number of nitrogens with two attached hydrogens (primary N) is 1. The molecule has 0 spiro atoms. The van der Waals surface area contributed by atoms with E-state index in [0.29, 0.717) is 6.54 Å². The second kappa shape index (κ2) is 6.29. The normalized spacial score (nSPS) is 12.4. The molecule has 0 saturated carbocycles. The lowest BCUT2D eigenvalue weighted by Gasteiger charge is -2.19. The van der Waals surface area contributed by atoms with Crippen LogP contribution in [0.1, 0.15) is 23.6 Å². The Morgan fingerprint density at radius 3 is 2.26 bits per heavy atom. The molecule has 0 saturated heterocycles. The highest BCUT2D eigenvalue weighted by molar-refractivity contribution is 5.45. The maximum Gasteiger partial charge on any atom is 0.263 e. The van der Waals surface area contributed by atoms with Gasteiger partial charge in [-0.15, -0.1) is 0 Å². The molecule has 0 aliphatic carbocycles. The van der Waals surface area contributed by atoms with E-state index in [1.165, 1.54) is 12.1 Å². The summed E-state index contributed by atoms with van der Waals surface area (Å²) in [5.74, 6) is 0. The van der Waals surface area contributed by atoms with Crippen LogP contribution in [0.3, 0.4) is 0 Å². The number of nitrogens with one attached hydrogen (secondary N) is 1. The van der Waals surface area contributed by atoms with E-state index in [1.807, 2.05) is 30.3 Å². The second-order valence-corrected chi connectivity index (χ2v) is 4.27. The monoisotopic (exact) mass is 262 g/mol. The number of para-hydroxylation sites is 1. The summed E-state index contributed by atoms with van der Waals surface area (Å²) < 4.78 is 25.4. The lowest BCUT2D eigenvalue weighted by molar-refractivity contribution is 0.151. The lowest BCUT2D eigenvalue weighted by Crippen LogP contribution is -2.20. The first-order chi connectivity index (χ1) is 9.20. The van der Waals surface area contributed by atoms with Gasteiger partial charge >= 0.3 is 0 Å². The molecule has 2 rings (SSSR count). The average Bonchev–Trinajstić information content (AvgIpc) is 2.46. The van der Waals surface area contributed by atoms with Gasteiger partial charge in [-0.25, -0.2) is 8.78 Å². The zero-order chi connectivity index (χ0) is 13.7. The molecule has 0 aliphatic heterocycles. The van der Waals surface area contributed by atoms with Crippen LogP contribution < -0.4 is 11.1 Å². The summed E-state index contributed by atoms with van der Waals surface area (Å²) in [7, 11) is 0. The van der Waals surface area contributed by atoms with Crippen molar-refractivity contribution in [2.45, 2.75) is 12.5 Å².